The number of hydrogen-bond donors (Lipinski definition) is 1. The topological polar surface area (TPSA) is 79.6 Å². The van der Waals surface area contributed by atoms with Gasteiger partial charge in [-0.05, 0) is 12.1 Å². The molecule has 1 aromatic heterocycles. The van der Waals surface area contributed by atoms with E-state index in [9.17, 15) is 14.4 Å². The molecule has 0 saturated carbocycles. The van der Waals surface area contributed by atoms with Crippen molar-refractivity contribution < 1.29 is 19.5 Å². The number of ketones is 1. The molecule has 1 rings (SSSR count). The molecule has 0 aliphatic rings. The molecule has 1 amide bonds. The molecular weight excluding hydrogens is 236 g/mol. The van der Waals surface area contributed by atoms with Crippen LogP contribution in [0.2, 0.25) is 0 Å². The van der Waals surface area contributed by atoms with Crippen LogP contribution >= 0.6 is 0 Å². The number of carboxylic acid groups (broad SMARTS) is 1. The number of carboxylic acids is 1. The number of carbonyl (C=O) groups is 3. The summed E-state index contributed by atoms with van der Waals surface area (Å²) in [6.07, 6.45) is -0.139. The van der Waals surface area contributed by atoms with E-state index < -0.39 is 5.97 Å². The Morgan fingerprint density at radius 2 is 1.89 bits per heavy atom. The molecule has 0 aromatic carbocycles. The largest absolute Gasteiger partial charge is 0.481 e. The molecular formula is C12H16N2O4. The van der Waals surface area contributed by atoms with Gasteiger partial charge in [-0.2, -0.15) is 0 Å². The van der Waals surface area contributed by atoms with Crippen LogP contribution in [0.5, 0.6) is 0 Å². The molecule has 0 aliphatic heterocycles. The van der Waals surface area contributed by atoms with Gasteiger partial charge in [0, 0.05) is 27.4 Å². The number of amides is 1. The van der Waals surface area contributed by atoms with E-state index in [1.54, 1.807) is 23.7 Å². The minimum Gasteiger partial charge on any atom is -0.481 e. The number of aliphatic carboxylic acids is 1. The van der Waals surface area contributed by atoms with Gasteiger partial charge < -0.3 is 9.67 Å². The summed E-state index contributed by atoms with van der Waals surface area (Å²) < 4.78 is 1.59. The molecule has 0 spiro atoms. The van der Waals surface area contributed by atoms with Crippen LogP contribution in [0.25, 0.3) is 0 Å². The molecule has 0 unspecified atom stereocenters. The van der Waals surface area contributed by atoms with E-state index in [4.69, 9.17) is 5.11 Å². The molecule has 6 nitrogen and oxygen atoms in total. The van der Waals surface area contributed by atoms with Crippen molar-refractivity contribution in [1.29, 1.82) is 0 Å². The number of hydrogen-bond acceptors (Lipinski definition) is 3. The molecule has 0 radical (unpaired) electrons. The van der Waals surface area contributed by atoms with Crippen molar-refractivity contribution in [3.05, 3.63) is 17.8 Å². The molecule has 98 valence electrons. The zero-order valence-electron chi connectivity index (χ0n) is 10.6. The number of nitrogens with zero attached hydrogens (tertiary/aromatic N) is 2. The van der Waals surface area contributed by atoms with Gasteiger partial charge in [0.15, 0.2) is 5.78 Å². The standard InChI is InChI=1S/C12H16N2O4/c1-8(15)10-4-5-11(13(10)3)14(9(2)16)7-6-12(17)18/h4-5H,6-7H2,1-3H3,(H,17,18). The molecule has 0 saturated heterocycles. The third kappa shape index (κ3) is 2.97. The summed E-state index contributed by atoms with van der Waals surface area (Å²) in [5, 5.41) is 8.65. The smallest absolute Gasteiger partial charge is 0.305 e. The fourth-order valence-electron chi connectivity index (χ4n) is 1.77. The molecule has 0 aliphatic carbocycles. The Bertz CT molecular complexity index is 490. The number of Topliss-reactive ketones (excluding diaryl/α,β-unsaturated/α-hetero) is 1. The Balaban J connectivity index is 3.03. The average molecular weight is 252 g/mol. The summed E-state index contributed by atoms with van der Waals surface area (Å²) in [6.45, 7) is 2.89. The van der Waals surface area contributed by atoms with Crippen molar-refractivity contribution in [2.24, 2.45) is 7.05 Å². The van der Waals surface area contributed by atoms with Gasteiger partial charge in [-0.15, -0.1) is 0 Å². The van der Waals surface area contributed by atoms with Crippen LogP contribution in [-0.2, 0) is 16.6 Å². The van der Waals surface area contributed by atoms with Gasteiger partial charge in [-0.3, -0.25) is 19.3 Å². The van der Waals surface area contributed by atoms with Gasteiger partial charge in [0.05, 0.1) is 12.1 Å². The second kappa shape index (κ2) is 5.48. The van der Waals surface area contributed by atoms with Crippen LogP contribution in [0.3, 0.4) is 0 Å². The van der Waals surface area contributed by atoms with Crippen molar-refractivity contribution in [3.63, 3.8) is 0 Å². The molecule has 0 fully saturated rings. The van der Waals surface area contributed by atoms with Crippen molar-refractivity contribution in [2.75, 3.05) is 11.4 Å². The summed E-state index contributed by atoms with van der Waals surface area (Å²) in [6, 6.07) is 3.26. The predicted octanol–water partition coefficient (Wildman–Crippen LogP) is 1.06. The number of carbonyl (C=O) groups excluding carboxylic acids is 2. The molecule has 0 bridgehead atoms. The summed E-state index contributed by atoms with van der Waals surface area (Å²) in [7, 11) is 1.67. The van der Waals surface area contributed by atoms with E-state index in [1.807, 2.05) is 0 Å². The Morgan fingerprint density at radius 1 is 1.28 bits per heavy atom. The summed E-state index contributed by atoms with van der Waals surface area (Å²) in [5.41, 5.74) is 0.478. The highest BCUT2D eigenvalue weighted by Gasteiger charge is 2.18. The summed E-state index contributed by atoms with van der Waals surface area (Å²) in [4.78, 5) is 34.7. The second-order valence-electron chi connectivity index (χ2n) is 4.01. The summed E-state index contributed by atoms with van der Waals surface area (Å²) >= 11 is 0. The van der Waals surface area contributed by atoms with E-state index in [2.05, 4.69) is 0 Å². The first kappa shape index (κ1) is 14.0. The third-order valence-electron chi connectivity index (χ3n) is 2.66. The molecule has 1 heterocycles. The van der Waals surface area contributed by atoms with E-state index in [0.29, 0.717) is 11.5 Å². The van der Waals surface area contributed by atoms with Gasteiger partial charge in [-0.25, -0.2) is 0 Å². The van der Waals surface area contributed by atoms with Crippen molar-refractivity contribution >= 4 is 23.5 Å². The maximum atomic E-state index is 11.5. The predicted molar refractivity (Wildman–Crippen MR) is 65.7 cm³/mol. The lowest BCUT2D eigenvalue weighted by atomic mass is 10.3. The second-order valence-corrected chi connectivity index (χ2v) is 4.01. The maximum absolute atomic E-state index is 11.5. The van der Waals surface area contributed by atoms with Gasteiger partial charge in [0.25, 0.3) is 0 Å². The Labute approximate surface area is 105 Å². The quantitative estimate of drug-likeness (QED) is 0.794. The fraction of sp³-hybridized carbons (Fsp3) is 0.417. The minimum absolute atomic E-state index is 0.0832. The first-order valence-corrected chi connectivity index (χ1v) is 5.51. The van der Waals surface area contributed by atoms with Crippen LogP contribution < -0.4 is 4.90 Å². The Hall–Kier alpha value is -2.11. The zero-order chi connectivity index (χ0) is 13.9. The van der Waals surface area contributed by atoms with E-state index >= 15 is 0 Å². The maximum Gasteiger partial charge on any atom is 0.305 e. The van der Waals surface area contributed by atoms with Crippen molar-refractivity contribution in [3.8, 4) is 0 Å². The molecule has 6 heteroatoms. The molecule has 18 heavy (non-hydrogen) atoms. The minimum atomic E-state index is -0.970. The van der Waals surface area contributed by atoms with Gasteiger partial charge in [-0.1, -0.05) is 0 Å². The Kier molecular flexibility index (Phi) is 4.25. The molecule has 1 aromatic rings. The lowest BCUT2D eigenvalue weighted by molar-refractivity contribution is -0.136. The number of aromatic nitrogens is 1. The third-order valence-corrected chi connectivity index (χ3v) is 2.66. The lowest BCUT2D eigenvalue weighted by Crippen LogP contribution is -2.32. The van der Waals surface area contributed by atoms with Crippen LogP contribution in [0.4, 0.5) is 5.82 Å². The first-order chi connectivity index (χ1) is 8.34. The van der Waals surface area contributed by atoms with E-state index in [-0.39, 0.29) is 24.7 Å². The Morgan fingerprint density at radius 3 is 2.28 bits per heavy atom. The highest BCUT2D eigenvalue weighted by Crippen LogP contribution is 2.18. The lowest BCUT2D eigenvalue weighted by Gasteiger charge is -2.21. The molecule has 0 atom stereocenters. The molecule has 1 N–H and O–H groups in total. The van der Waals surface area contributed by atoms with Crippen LogP contribution in [0, 0.1) is 0 Å². The van der Waals surface area contributed by atoms with Crippen LogP contribution in [0.1, 0.15) is 30.8 Å². The highest BCUT2D eigenvalue weighted by atomic mass is 16.4. The monoisotopic (exact) mass is 252 g/mol. The van der Waals surface area contributed by atoms with Crippen molar-refractivity contribution in [2.45, 2.75) is 20.3 Å². The normalized spacial score (nSPS) is 10.2. The van der Waals surface area contributed by atoms with Crippen LogP contribution in [-0.4, -0.2) is 33.9 Å². The van der Waals surface area contributed by atoms with Crippen molar-refractivity contribution in [1.82, 2.24) is 4.57 Å². The number of rotatable bonds is 5. The van der Waals surface area contributed by atoms with E-state index in [0.717, 1.165) is 0 Å². The highest BCUT2D eigenvalue weighted by molar-refractivity contribution is 5.96. The zero-order valence-corrected chi connectivity index (χ0v) is 10.6. The average Bonchev–Trinajstić information content (AvgIpc) is 2.60. The van der Waals surface area contributed by atoms with Gasteiger partial charge in [0.1, 0.15) is 5.82 Å². The summed E-state index contributed by atoms with van der Waals surface area (Å²) in [5.74, 6) is -0.811. The number of anilines is 1. The van der Waals surface area contributed by atoms with Gasteiger partial charge >= 0.3 is 5.97 Å². The fourth-order valence-corrected chi connectivity index (χ4v) is 1.77. The SMILES string of the molecule is CC(=O)c1ccc(N(CCC(=O)O)C(C)=O)n1C. The first-order valence-electron chi connectivity index (χ1n) is 5.51. The van der Waals surface area contributed by atoms with Gasteiger partial charge in [0.2, 0.25) is 5.91 Å². The van der Waals surface area contributed by atoms with Crippen LogP contribution in [0.15, 0.2) is 12.1 Å². The van der Waals surface area contributed by atoms with E-state index in [1.165, 1.54) is 18.7 Å².